The lowest BCUT2D eigenvalue weighted by Gasteiger charge is -2.72. The van der Waals surface area contributed by atoms with Crippen LogP contribution in [0.25, 0.3) is 0 Å². The van der Waals surface area contributed by atoms with Gasteiger partial charge in [0.25, 0.3) is 5.91 Å². The molecule has 3 aliphatic carbocycles. The van der Waals surface area contributed by atoms with Crippen LogP contribution < -0.4 is 0 Å². The summed E-state index contributed by atoms with van der Waals surface area (Å²) in [6, 6.07) is 7.18. The molecule has 3 saturated carbocycles. The van der Waals surface area contributed by atoms with Crippen LogP contribution in [0.2, 0.25) is 0 Å². The molecule has 0 N–H and O–H groups in total. The van der Waals surface area contributed by atoms with Crippen LogP contribution in [0.3, 0.4) is 0 Å². The van der Waals surface area contributed by atoms with Crippen molar-refractivity contribution in [1.82, 2.24) is 14.7 Å². The van der Waals surface area contributed by atoms with Gasteiger partial charge in [0.15, 0.2) is 6.04 Å². The summed E-state index contributed by atoms with van der Waals surface area (Å²) >= 11 is 0. The molecule has 0 unspecified atom stereocenters. The van der Waals surface area contributed by atoms with Crippen molar-refractivity contribution < 1.29 is 33.4 Å². The van der Waals surface area contributed by atoms with Crippen molar-refractivity contribution >= 4 is 24.0 Å². The Hall–Kier alpha value is -3.14. The fourth-order valence-electron chi connectivity index (χ4n) is 6.41. The number of hydrogen-bond acceptors (Lipinski definition) is 7. The number of rotatable bonds is 7. The molecule has 1 aromatic carbocycles. The van der Waals surface area contributed by atoms with Gasteiger partial charge in [-0.05, 0) is 52.5 Å². The molecular weight excluding hydrogens is 478 g/mol. The zero-order valence-electron chi connectivity index (χ0n) is 21.9. The van der Waals surface area contributed by atoms with E-state index < -0.39 is 47.2 Å². The Morgan fingerprint density at radius 3 is 2.35 bits per heavy atom. The van der Waals surface area contributed by atoms with E-state index in [0.717, 1.165) is 5.56 Å². The van der Waals surface area contributed by atoms with Gasteiger partial charge in [-0.25, -0.2) is 14.4 Å². The number of benzene rings is 1. The number of urea groups is 1. The first-order chi connectivity index (χ1) is 17.5. The van der Waals surface area contributed by atoms with E-state index in [2.05, 4.69) is 0 Å². The summed E-state index contributed by atoms with van der Waals surface area (Å²) in [4.78, 5) is 57.2. The molecule has 2 heterocycles. The fourth-order valence-corrected chi connectivity index (χ4v) is 6.41. The molecule has 2 aliphatic heterocycles. The van der Waals surface area contributed by atoms with E-state index in [-0.39, 0.29) is 25.1 Å². The van der Waals surface area contributed by atoms with Crippen molar-refractivity contribution in [2.75, 3.05) is 26.3 Å². The number of imide groups is 1. The van der Waals surface area contributed by atoms with Crippen LogP contribution in [0, 0.1) is 5.41 Å². The van der Waals surface area contributed by atoms with E-state index in [1.54, 1.807) is 27.7 Å². The van der Waals surface area contributed by atoms with Gasteiger partial charge in [-0.15, -0.1) is 0 Å². The lowest BCUT2D eigenvalue weighted by molar-refractivity contribution is -0.226. The van der Waals surface area contributed by atoms with Crippen molar-refractivity contribution in [3.63, 3.8) is 0 Å². The lowest BCUT2D eigenvalue weighted by Crippen LogP contribution is -2.77. The van der Waals surface area contributed by atoms with Crippen molar-refractivity contribution in [3.8, 4) is 0 Å². The number of carbonyl (C=O) groups excluding carboxylic acids is 4. The molecule has 2 saturated heterocycles. The maximum atomic E-state index is 13.7. The molecule has 0 spiro atoms. The summed E-state index contributed by atoms with van der Waals surface area (Å²) in [5.74, 6) is -1.16. The van der Waals surface area contributed by atoms with Crippen molar-refractivity contribution in [2.45, 2.75) is 76.8 Å². The van der Waals surface area contributed by atoms with Crippen molar-refractivity contribution in [3.05, 3.63) is 35.9 Å². The number of piperazine rings is 1. The molecular formula is C27H35N3O7. The second kappa shape index (κ2) is 9.01. The minimum absolute atomic E-state index is 0.0263. The normalized spacial score (nSPS) is 30.4. The molecule has 4 amide bonds. The van der Waals surface area contributed by atoms with Gasteiger partial charge < -0.3 is 19.1 Å². The third kappa shape index (κ3) is 4.35. The highest BCUT2D eigenvalue weighted by Crippen LogP contribution is 2.70. The largest absolute Gasteiger partial charge is 0.464 e. The highest BCUT2D eigenvalue weighted by atomic mass is 16.6. The van der Waals surface area contributed by atoms with Gasteiger partial charge in [0.2, 0.25) is 0 Å². The van der Waals surface area contributed by atoms with E-state index >= 15 is 0 Å². The fraction of sp³-hybridized carbons (Fsp3) is 0.630. The Kier molecular flexibility index (Phi) is 6.21. The molecule has 1 aromatic rings. The molecule has 6 rings (SSSR count). The smallest absolute Gasteiger partial charge is 0.411 e. The quantitative estimate of drug-likeness (QED) is 0.408. The van der Waals surface area contributed by atoms with Gasteiger partial charge in [-0.1, -0.05) is 30.3 Å². The summed E-state index contributed by atoms with van der Waals surface area (Å²) < 4.78 is 16.7. The van der Waals surface area contributed by atoms with Crippen LogP contribution in [0.4, 0.5) is 9.59 Å². The third-order valence-corrected chi connectivity index (χ3v) is 7.73. The number of hydrogen-bond donors (Lipinski definition) is 0. The van der Waals surface area contributed by atoms with Crippen LogP contribution in [0.15, 0.2) is 30.3 Å². The van der Waals surface area contributed by atoms with Gasteiger partial charge in [-0.2, -0.15) is 0 Å². The van der Waals surface area contributed by atoms with Crippen LogP contribution in [-0.4, -0.2) is 88.2 Å². The molecule has 37 heavy (non-hydrogen) atoms. The average Bonchev–Trinajstić information content (AvgIpc) is 3.04. The molecule has 5 fully saturated rings. The van der Waals surface area contributed by atoms with Gasteiger partial charge >= 0.3 is 18.1 Å². The van der Waals surface area contributed by atoms with Crippen LogP contribution in [-0.2, 0) is 30.4 Å². The topological polar surface area (TPSA) is 106 Å². The molecule has 0 radical (unpaired) electrons. The Labute approximate surface area is 216 Å². The minimum Gasteiger partial charge on any atom is -0.464 e. The molecule has 10 nitrogen and oxygen atoms in total. The molecule has 2 bridgehead atoms. The summed E-state index contributed by atoms with van der Waals surface area (Å²) in [7, 11) is 0. The first-order valence-electron chi connectivity index (χ1n) is 12.9. The summed E-state index contributed by atoms with van der Waals surface area (Å²) in [6.07, 6.45) is 1.36. The number of carbonyl (C=O) groups is 4. The highest BCUT2D eigenvalue weighted by molar-refractivity contribution is 6.08. The van der Waals surface area contributed by atoms with E-state index in [0.29, 0.717) is 32.5 Å². The second-order valence-corrected chi connectivity index (χ2v) is 11.7. The van der Waals surface area contributed by atoms with E-state index in [1.165, 1.54) is 14.7 Å². The first kappa shape index (κ1) is 25.5. The van der Waals surface area contributed by atoms with Crippen LogP contribution in [0.1, 0.15) is 52.5 Å². The van der Waals surface area contributed by atoms with Crippen LogP contribution >= 0.6 is 0 Å². The SMILES string of the molecule is CCOC(=O)[C@@H]1[C@H]2C(=O)N(C34CC(COCc5ccccc5)(C3)C4)C(=O)N2CCN1C(=O)OC(C)(C)C. The van der Waals surface area contributed by atoms with Crippen molar-refractivity contribution in [1.29, 1.82) is 0 Å². The predicted octanol–water partition coefficient (Wildman–Crippen LogP) is 2.94. The van der Waals surface area contributed by atoms with E-state index in [1.807, 2.05) is 30.3 Å². The molecule has 2 atom stereocenters. The Morgan fingerprint density at radius 1 is 1.05 bits per heavy atom. The molecule has 200 valence electrons. The maximum absolute atomic E-state index is 13.7. The number of esters is 1. The second-order valence-electron chi connectivity index (χ2n) is 11.7. The molecule has 0 aromatic heterocycles. The van der Waals surface area contributed by atoms with E-state index in [9.17, 15) is 19.2 Å². The van der Waals surface area contributed by atoms with Gasteiger partial charge in [-0.3, -0.25) is 14.6 Å². The predicted molar refractivity (Wildman–Crippen MR) is 131 cm³/mol. The van der Waals surface area contributed by atoms with Gasteiger partial charge in [0.1, 0.15) is 11.6 Å². The molecule has 10 heteroatoms. The first-order valence-corrected chi connectivity index (χ1v) is 12.9. The zero-order chi connectivity index (χ0) is 26.6. The number of fused-ring (bicyclic) bond motifs is 1. The summed E-state index contributed by atoms with van der Waals surface area (Å²) in [5, 5.41) is 0. The lowest BCUT2D eigenvalue weighted by atomic mass is 9.39. The number of nitrogens with zero attached hydrogens (tertiary/aromatic N) is 3. The highest BCUT2D eigenvalue weighted by Gasteiger charge is 2.75. The van der Waals surface area contributed by atoms with E-state index in [4.69, 9.17) is 14.2 Å². The zero-order valence-corrected chi connectivity index (χ0v) is 21.9. The monoisotopic (exact) mass is 513 g/mol. The summed E-state index contributed by atoms with van der Waals surface area (Å²) in [6.45, 7) is 8.25. The van der Waals surface area contributed by atoms with Crippen molar-refractivity contribution in [2.24, 2.45) is 5.41 Å². The third-order valence-electron chi connectivity index (χ3n) is 7.73. The Balaban J connectivity index is 1.28. The standard InChI is InChI=1S/C27H35N3O7/c1-5-36-22(32)20-19-21(31)30(23(33)28(19)11-12-29(20)24(34)37-25(2,3)4)27-14-26(15-27,16-27)17-35-13-18-9-7-6-8-10-18/h6-10,19-20H,5,11-17H2,1-4H3/t19-,20-,26?,27?/m0/s1. The Morgan fingerprint density at radius 2 is 1.73 bits per heavy atom. The Bertz CT molecular complexity index is 1080. The summed E-state index contributed by atoms with van der Waals surface area (Å²) in [5.41, 5.74) is -0.248. The minimum atomic E-state index is -1.25. The van der Waals surface area contributed by atoms with Gasteiger partial charge in [0, 0.05) is 18.5 Å². The number of ether oxygens (including phenoxy) is 3. The van der Waals surface area contributed by atoms with Gasteiger partial charge in [0.05, 0.1) is 25.4 Å². The molecule has 5 aliphatic rings. The average molecular weight is 514 g/mol. The number of amides is 4. The maximum Gasteiger partial charge on any atom is 0.411 e. The van der Waals surface area contributed by atoms with Crippen LogP contribution in [0.5, 0.6) is 0 Å².